The molecule has 1 saturated heterocycles. The van der Waals surface area contributed by atoms with Crippen molar-refractivity contribution in [2.75, 3.05) is 39.8 Å². The van der Waals surface area contributed by atoms with E-state index in [1.54, 1.807) is 0 Å². The Morgan fingerprint density at radius 3 is 2.40 bits per heavy atom. The Kier molecular flexibility index (Phi) is 5.41. The average Bonchev–Trinajstić information content (AvgIpc) is 2.48. The van der Waals surface area contributed by atoms with Gasteiger partial charge in [-0.3, -0.25) is 4.79 Å². The van der Waals surface area contributed by atoms with Crippen LogP contribution in [0.5, 0.6) is 5.75 Å². The Morgan fingerprint density at radius 1 is 1.15 bits per heavy atom. The molecule has 4 heteroatoms. The summed E-state index contributed by atoms with van der Waals surface area (Å²) in [6.45, 7) is 6.39. The van der Waals surface area contributed by atoms with E-state index in [0.29, 0.717) is 0 Å². The van der Waals surface area contributed by atoms with Crippen molar-refractivity contribution in [3.63, 3.8) is 0 Å². The maximum absolute atomic E-state index is 12.3. The molecule has 0 saturated carbocycles. The van der Waals surface area contributed by atoms with E-state index in [1.165, 1.54) is 0 Å². The summed E-state index contributed by atoms with van der Waals surface area (Å²) >= 11 is 0. The first-order valence-corrected chi connectivity index (χ1v) is 7.41. The SMILES string of the molecule is CCCCOc1ccc(C(=O)N2CCN(C)CC2)cc1. The van der Waals surface area contributed by atoms with Crippen molar-refractivity contribution in [3.8, 4) is 5.75 Å². The lowest BCUT2D eigenvalue weighted by molar-refractivity contribution is 0.0664. The molecular weight excluding hydrogens is 252 g/mol. The molecule has 110 valence electrons. The summed E-state index contributed by atoms with van der Waals surface area (Å²) in [4.78, 5) is 16.5. The molecular formula is C16H24N2O2. The largest absolute Gasteiger partial charge is 0.494 e. The maximum Gasteiger partial charge on any atom is 0.253 e. The Balaban J connectivity index is 1.90. The van der Waals surface area contributed by atoms with Crippen molar-refractivity contribution in [1.29, 1.82) is 0 Å². The van der Waals surface area contributed by atoms with Crippen LogP contribution in [0.25, 0.3) is 0 Å². The number of rotatable bonds is 5. The third-order valence-electron chi connectivity index (χ3n) is 3.66. The number of hydrogen-bond acceptors (Lipinski definition) is 3. The molecule has 1 aromatic rings. The minimum Gasteiger partial charge on any atom is -0.494 e. The van der Waals surface area contributed by atoms with Gasteiger partial charge in [0.1, 0.15) is 5.75 Å². The highest BCUT2D eigenvalue weighted by molar-refractivity contribution is 5.94. The number of ether oxygens (including phenoxy) is 1. The molecule has 0 radical (unpaired) electrons. The van der Waals surface area contributed by atoms with E-state index < -0.39 is 0 Å². The van der Waals surface area contributed by atoms with Gasteiger partial charge in [-0.1, -0.05) is 13.3 Å². The molecule has 20 heavy (non-hydrogen) atoms. The van der Waals surface area contributed by atoms with Crippen LogP contribution in [0.1, 0.15) is 30.1 Å². The Labute approximate surface area is 121 Å². The molecule has 1 aliphatic rings. The second kappa shape index (κ2) is 7.29. The van der Waals surface area contributed by atoms with Gasteiger partial charge in [0.15, 0.2) is 0 Å². The van der Waals surface area contributed by atoms with Gasteiger partial charge in [-0.2, -0.15) is 0 Å². The van der Waals surface area contributed by atoms with Crippen molar-refractivity contribution in [3.05, 3.63) is 29.8 Å². The summed E-state index contributed by atoms with van der Waals surface area (Å²) < 4.78 is 5.61. The smallest absolute Gasteiger partial charge is 0.253 e. The minimum absolute atomic E-state index is 0.123. The van der Waals surface area contributed by atoms with Crippen molar-refractivity contribution in [1.82, 2.24) is 9.80 Å². The Morgan fingerprint density at radius 2 is 1.80 bits per heavy atom. The number of unbranched alkanes of at least 4 members (excludes halogenated alkanes) is 1. The molecule has 2 rings (SSSR count). The molecule has 1 aromatic carbocycles. The van der Waals surface area contributed by atoms with Gasteiger partial charge in [-0.15, -0.1) is 0 Å². The minimum atomic E-state index is 0.123. The van der Waals surface area contributed by atoms with Crippen LogP contribution >= 0.6 is 0 Å². The van der Waals surface area contributed by atoms with Crippen LogP contribution in [0.15, 0.2) is 24.3 Å². The number of piperazine rings is 1. The number of nitrogens with zero attached hydrogens (tertiary/aromatic N) is 2. The fourth-order valence-electron chi connectivity index (χ4n) is 2.22. The summed E-state index contributed by atoms with van der Waals surface area (Å²) in [7, 11) is 2.09. The lowest BCUT2D eigenvalue weighted by atomic mass is 10.1. The highest BCUT2D eigenvalue weighted by Gasteiger charge is 2.20. The second-order valence-electron chi connectivity index (χ2n) is 5.32. The first-order chi connectivity index (χ1) is 9.70. The third kappa shape index (κ3) is 3.97. The van der Waals surface area contributed by atoms with E-state index in [0.717, 1.165) is 56.9 Å². The van der Waals surface area contributed by atoms with Crippen molar-refractivity contribution in [2.24, 2.45) is 0 Å². The fourth-order valence-corrected chi connectivity index (χ4v) is 2.22. The van der Waals surface area contributed by atoms with Crippen LogP contribution in [0, 0.1) is 0 Å². The van der Waals surface area contributed by atoms with Crippen LogP contribution in [-0.2, 0) is 0 Å². The molecule has 0 unspecified atom stereocenters. The molecule has 1 amide bonds. The van der Waals surface area contributed by atoms with Gasteiger partial charge in [-0.05, 0) is 37.7 Å². The summed E-state index contributed by atoms with van der Waals surface area (Å²) in [5.74, 6) is 0.964. The Bertz CT molecular complexity index is 423. The fraction of sp³-hybridized carbons (Fsp3) is 0.562. The van der Waals surface area contributed by atoms with E-state index in [-0.39, 0.29) is 5.91 Å². The quantitative estimate of drug-likeness (QED) is 0.773. The van der Waals surface area contributed by atoms with E-state index in [1.807, 2.05) is 29.2 Å². The molecule has 0 N–H and O–H groups in total. The topological polar surface area (TPSA) is 32.8 Å². The van der Waals surface area contributed by atoms with Crippen LogP contribution < -0.4 is 4.74 Å². The molecule has 1 heterocycles. The zero-order chi connectivity index (χ0) is 14.4. The lowest BCUT2D eigenvalue weighted by Crippen LogP contribution is -2.47. The molecule has 1 aliphatic heterocycles. The predicted molar refractivity (Wildman–Crippen MR) is 80.2 cm³/mol. The van der Waals surface area contributed by atoms with Crippen LogP contribution in [0.3, 0.4) is 0 Å². The third-order valence-corrected chi connectivity index (χ3v) is 3.66. The van der Waals surface area contributed by atoms with Gasteiger partial charge in [0, 0.05) is 31.7 Å². The Hall–Kier alpha value is -1.55. The zero-order valence-electron chi connectivity index (χ0n) is 12.5. The molecule has 0 spiro atoms. The average molecular weight is 276 g/mol. The summed E-state index contributed by atoms with van der Waals surface area (Å²) in [5.41, 5.74) is 0.748. The molecule has 0 atom stereocenters. The highest BCUT2D eigenvalue weighted by Crippen LogP contribution is 2.15. The number of carbonyl (C=O) groups excluding carboxylic acids is 1. The van der Waals surface area contributed by atoms with Gasteiger partial charge in [0.25, 0.3) is 5.91 Å². The molecule has 4 nitrogen and oxygen atoms in total. The van der Waals surface area contributed by atoms with Crippen LogP contribution in [0.4, 0.5) is 0 Å². The van der Waals surface area contributed by atoms with Gasteiger partial charge >= 0.3 is 0 Å². The van der Waals surface area contributed by atoms with Gasteiger partial charge in [0.2, 0.25) is 0 Å². The van der Waals surface area contributed by atoms with E-state index in [2.05, 4.69) is 18.9 Å². The number of amides is 1. The van der Waals surface area contributed by atoms with E-state index in [9.17, 15) is 4.79 Å². The van der Waals surface area contributed by atoms with E-state index >= 15 is 0 Å². The summed E-state index contributed by atoms with van der Waals surface area (Å²) in [5, 5.41) is 0. The number of carbonyl (C=O) groups is 1. The standard InChI is InChI=1S/C16H24N2O2/c1-3-4-13-20-15-7-5-14(6-8-15)16(19)18-11-9-17(2)10-12-18/h5-8H,3-4,9-13H2,1-2H3. The van der Waals surface area contributed by atoms with Gasteiger partial charge in [0.05, 0.1) is 6.61 Å². The molecule has 0 aliphatic carbocycles. The van der Waals surface area contributed by atoms with E-state index in [4.69, 9.17) is 4.74 Å². The number of benzene rings is 1. The summed E-state index contributed by atoms with van der Waals surface area (Å²) in [6, 6.07) is 7.50. The highest BCUT2D eigenvalue weighted by atomic mass is 16.5. The van der Waals surface area contributed by atoms with Crippen molar-refractivity contribution >= 4 is 5.91 Å². The van der Waals surface area contributed by atoms with Gasteiger partial charge < -0.3 is 14.5 Å². The maximum atomic E-state index is 12.3. The first kappa shape index (κ1) is 14.9. The van der Waals surface area contributed by atoms with Crippen LogP contribution in [0.2, 0.25) is 0 Å². The van der Waals surface area contributed by atoms with Crippen LogP contribution in [-0.4, -0.2) is 55.5 Å². The predicted octanol–water partition coefficient (Wildman–Crippen LogP) is 2.25. The second-order valence-corrected chi connectivity index (χ2v) is 5.32. The van der Waals surface area contributed by atoms with Crippen molar-refractivity contribution in [2.45, 2.75) is 19.8 Å². The van der Waals surface area contributed by atoms with Crippen molar-refractivity contribution < 1.29 is 9.53 Å². The summed E-state index contributed by atoms with van der Waals surface area (Å²) in [6.07, 6.45) is 2.18. The normalized spacial score (nSPS) is 16.2. The first-order valence-electron chi connectivity index (χ1n) is 7.41. The molecule has 0 aromatic heterocycles. The number of likely N-dealkylation sites (N-methyl/N-ethyl adjacent to an activating group) is 1. The van der Waals surface area contributed by atoms with Gasteiger partial charge in [-0.25, -0.2) is 0 Å². The molecule has 1 fully saturated rings. The monoisotopic (exact) mass is 276 g/mol. The molecule has 0 bridgehead atoms. The zero-order valence-corrected chi connectivity index (χ0v) is 12.5. The lowest BCUT2D eigenvalue weighted by Gasteiger charge is -2.32. The number of hydrogen-bond donors (Lipinski definition) is 0.